The van der Waals surface area contributed by atoms with Crippen LogP contribution in [0.5, 0.6) is 0 Å². The molecule has 0 saturated heterocycles. The number of rotatable bonds is 4. The van der Waals surface area contributed by atoms with Gasteiger partial charge in [-0.05, 0) is 54.4 Å². The second-order valence-corrected chi connectivity index (χ2v) is 5.13. The van der Waals surface area contributed by atoms with Gasteiger partial charge in [0.2, 0.25) is 5.91 Å². The third-order valence-electron chi connectivity index (χ3n) is 3.66. The molecule has 2 aromatic carbocycles. The largest absolute Gasteiger partial charge is 0.366 e. The Labute approximate surface area is 129 Å². The molecule has 0 radical (unpaired) electrons. The fourth-order valence-electron chi connectivity index (χ4n) is 2.40. The van der Waals surface area contributed by atoms with Crippen LogP contribution < -0.4 is 11.1 Å². The van der Waals surface area contributed by atoms with Gasteiger partial charge < -0.3 is 11.1 Å². The van der Waals surface area contributed by atoms with Gasteiger partial charge in [0.15, 0.2) is 0 Å². The molecule has 0 bridgehead atoms. The molecule has 0 atom stereocenters. The van der Waals surface area contributed by atoms with Crippen molar-refractivity contribution in [2.45, 2.75) is 13.3 Å². The average Bonchev–Trinajstić information content (AvgIpc) is 2.55. The van der Waals surface area contributed by atoms with Crippen LogP contribution in [0.1, 0.15) is 22.8 Å². The van der Waals surface area contributed by atoms with E-state index >= 15 is 0 Å². The average molecular weight is 291 g/mol. The van der Waals surface area contributed by atoms with Crippen LogP contribution in [0.2, 0.25) is 0 Å². The first kappa shape index (κ1) is 14.1. The fraction of sp³-hybridized carbons (Fsp3) is 0.111. The SMILES string of the molecule is CCc1ccc2nccc(Nc3ccc(C(N)=O)cc3)c2c1. The van der Waals surface area contributed by atoms with Gasteiger partial charge in [0.05, 0.1) is 5.52 Å². The van der Waals surface area contributed by atoms with E-state index in [1.54, 1.807) is 18.3 Å². The highest BCUT2D eigenvalue weighted by Gasteiger charge is 2.05. The van der Waals surface area contributed by atoms with Gasteiger partial charge in [-0.2, -0.15) is 0 Å². The molecule has 3 N–H and O–H groups in total. The highest BCUT2D eigenvalue weighted by molar-refractivity contribution is 5.95. The Bertz CT molecular complexity index is 825. The number of nitrogens with two attached hydrogens (primary N) is 1. The quantitative estimate of drug-likeness (QED) is 0.771. The van der Waals surface area contributed by atoms with Gasteiger partial charge in [-0.25, -0.2) is 0 Å². The lowest BCUT2D eigenvalue weighted by atomic mass is 10.1. The van der Waals surface area contributed by atoms with Gasteiger partial charge in [-0.15, -0.1) is 0 Å². The molecule has 110 valence electrons. The zero-order valence-electron chi connectivity index (χ0n) is 12.3. The van der Waals surface area contributed by atoms with E-state index < -0.39 is 5.91 Å². The molecule has 4 nitrogen and oxygen atoms in total. The van der Waals surface area contributed by atoms with Crippen molar-refractivity contribution in [1.82, 2.24) is 4.98 Å². The first-order valence-corrected chi connectivity index (χ1v) is 7.22. The molecule has 3 aromatic rings. The van der Waals surface area contributed by atoms with Crippen LogP contribution in [0.15, 0.2) is 54.7 Å². The number of hydrogen-bond acceptors (Lipinski definition) is 3. The summed E-state index contributed by atoms with van der Waals surface area (Å²) in [6.45, 7) is 2.13. The van der Waals surface area contributed by atoms with E-state index in [1.165, 1.54) is 5.56 Å². The Balaban J connectivity index is 1.97. The van der Waals surface area contributed by atoms with Crippen molar-refractivity contribution in [2.24, 2.45) is 5.73 Å². The maximum Gasteiger partial charge on any atom is 0.248 e. The van der Waals surface area contributed by atoms with Crippen LogP contribution in [0.4, 0.5) is 11.4 Å². The van der Waals surface area contributed by atoms with Crippen LogP contribution >= 0.6 is 0 Å². The predicted molar refractivity (Wildman–Crippen MR) is 89.4 cm³/mol. The lowest BCUT2D eigenvalue weighted by Gasteiger charge is -2.10. The zero-order chi connectivity index (χ0) is 15.5. The minimum atomic E-state index is -0.423. The number of carbonyl (C=O) groups excluding carboxylic acids is 1. The third-order valence-corrected chi connectivity index (χ3v) is 3.66. The van der Waals surface area contributed by atoms with Gasteiger partial charge >= 0.3 is 0 Å². The van der Waals surface area contributed by atoms with Crippen LogP contribution in [0, 0.1) is 0 Å². The molecule has 0 aliphatic carbocycles. The summed E-state index contributed by atoms with van der Waals surface area (Å²) in [5.74, 6) is -0.423. The molecule has 1 heterocycles. The first-order chi connectivity index (χ1) is 10.7. The molecule has 0 fully saturated rings. The summed E-state index contributed by atoms with van der Waals surface area (Å²) >= 11 is 0. The third kappa shape index (κ3) is 2.76. The minimum Gasteiger partial charge on any atom is -0.366 e. The second kappa shape index (κ2) is 5.85. The molecule has 1 amide bonds. The van der Waals surface area contributed by atoms with Gasteiger partial charge in [0, 0.05) is 28.5 Å². The highest BCUT2D eigenvalue weighted by atomic mass is 16.1. The van der Waals surface area contributed by atoms with Crippen molar-refractivity contribution in [3.63, 3.8) is 0 Å². The second-order valence-electron chi connectivity index (χ2n) is 5.13. The normalized spacial score (nSPS) is 10.6. The summed E-state index contributed by atoms with van der Waals surface area (Å²) in [6.07, 6.45) is 2.77. The van der Waals surface area contributed by atoms with Gasteiger partial charge in [-0.3, -0.25) is 9.78 Å². The summed E-state index contributed by atoms with van der Waals surface area (Å²) in [4.78, 5) is 15.5. The predicted octanol–water partition coefficient (Wildman–Crippen LogP) is 3.64. The molecule has 0 saturated carbocycles. The number of fused-ring (bicyclic) bond motifs is 1. The molecule has 0 aliphatic rings. The van der Waals surface area contributed by atoms with Gasteiger partial charge in [0.1, 0.15) is 0 Å². The standard InChI is InChI=1S/C18H17N3O/c1-2-12-3-8-16-15(11-12)17(9-10-20-16)21-14-6-4-13(5-7-14)18(19)22/h3-11H,2H2,1H3,(H2,19,22)(H,20,21). The highest BCUT2D eigenvalue weighted by Crippen LogP contribution is 2.26. The molecular weight excluding hydrogens is 274 g/mol. The zero-order valence-corrected chi connectivity index (χ0v) is 12.3. The number of aromatic nitrogens is 1. The van der Waals surface area contributed by atoms with Gasteiger partial charge in [-0.1, -0.05) is 13.0 Å². The van der Waals surface area contributed by atoms with Crippen molar-refractivity contribution >= 4 is 28.2 Å². The lowest BCUT2D eigenvalue weighted by molar-refractivity contribution is 0.100. The van der Waals surface area contributed by atoms with E-state index in [1.807, 2.05) is 24.3 Å². The van der Waals surface area contributed by atoms with E-state index in [0.29, 0.717) is 5.56 Å². The molecule has 3 rings (SSSR count). The number of nitrogens with one attached hydrogen (secondary N) is 1. The van der Waals surface area contributed by atoms with Crippen molar-refractivity contribution in [3.05, 3.63) is 65.9 Å². The first-order valence-electron chi connectivity index (χ1n) is 7.22. The maximum absolute atomic E-state index is 11.1. The number of nitrogens with zero attached hydrogens (tertiary/aromatic N) is 1. The van der Waals surface area contributed by atoms with Crippen LogP contribution in [-0.4, -0.2) is 10.9 Å². The number of benzene rings is 2. The Morgan fingerprint density at radius 1 is 1.14 bits per heavy atom. The van der Waals surface area contributed by atoms with Crippen molar-refractivity contribution in [2.75, 3.05) is 5.32 Å². The van der Waals surface area contributed by atoms with Crippen LogP contribution in [0.3, 0.4) is 0 Å². The number of pyridine rings is 1. The topological polar surface area (TPSA) is 68.0 Å². The van der Waals surface area contributed by atoms with Crippen molar-refractivity contribution in [1.29, 1.82) is 0 Å². The summed E-state index contributed by atoms with van der Waals surface area (Å²) in [5, 5.41) is 4.46. The summed E-state index contributed by atoms with van der Waals surface area (Å²) in [7, 11) is 0. The summed E-state index contributed by atoms with van der Waals surface area (Å²) < 4.78 is 0. The van der Waals surface area contributed by atoms with E-state index in [4.69, 9.17) is 5.73 Å². The number of primary amides is 1. The van der Waals surface area contributed by atoms with E-state index in [9.17, 15) is 4.79 Å². The minimum absolute atomic E-state index is 0.423. The molecule has 1 aromatic heterocycles. The number of hydrogen-bond donors (Lipinski definition) is 2. The number of amides is 1. The number of aryl methyl sites for hydroxylation is 1. The van der Waals surface area contributed by atoms with Crippen molar-refractivity contribution < 1.29 is 4.79 Å². The number of anilines is 2. The Morgan fingerprint density at radius 3 is 2.59 bits per heavy atom. The Hall–Kier alpha value is -2.88. The summed E-state index contributed by atoms with van der Waals surface area (Å²) in [5.41, 5.74) is 9.87. The molecule has 0 unspecified atom stereocenters. The molecule has 4 heteroatoms. The van der Waals surface area contributed by atoms with Crippen LogP contribution in [-0.2, 0) is 6.42 Å². The smallest absolute Gasteiger partial charge is 0.248 e. The summed E-state index contributed by atoms with van der Waals surface area (Å²) in [6, 6.07) is 15.4. The Morgan fingerprint density at radius 2 is 1.91 bits per heavy atom. The monoisotopic (exact) mass is 291 g/mol. The van der Waals surface area contributed by atoms with Crippen molar-refractivity contribution in [3.8, 4) is 0 Å². The van der Waals surface area contributed by atoms with Gasteiger partial charge in [0.25, 0.3) is 0 Å². The fourth-order valence-corrected chi connectivity index (χ4v) is 2.40. The number of carbonyl (C=O) groups is 1. The van der Waals surface area contributed by atoms with E-state index in [0.717, 1.165) is 28.7 Å². The lowest BCUT2D eigenvalue weighted by Crippen LogP contribution is -2.10. The molecular formula is C18H17N3O. The Kier molecular flexibility index (Phi) is 3.74. The molecule has 0 aliphatic heterocycles. The molecule has 0 spiro atoms. The van der Waals surface area contributed by atoms with Crippen LogP contribution in [0.25, 0.3) is 10.9 Å². The molecule has 22 heavy (non-hydrogen) atoms. The van der Waals surface area contributed by atoms with E-state index in [2.05, 4.69) is 29.4 Å². The van der Waals surface area contributed by atoms with E-state index in [-0.39, 0.29) is 0 Å². The maximum atomic E-state index is 11.1.